The fraction of sp³-hybridized carbons (Fsp3) is 0.800. The van der Waals surface area contributed by atoms with Crippen molar-refractivity contribution in [2.24, 2.45) is 5.73 Å². The van der Waals surface area contributed by atoms with Gasteiger partial charge in [-0.15, -0.1) is 0 Å². The molecule has 5 heteroatoms. The highest BCUT2D eigenvalue weighted by Gasteiger charge is 2.31. The highest BCUT2D eigenvalue weighted by atomic mass is 16.4. The van der Waals surface area contributed by atoms with Crippen LogP contribution in [-0.2, 0) is 9.59 Å². The summed E-state index contributed by atoms with van der Waals surface area (Å²) < 4.78 is 0. The van der Waals surface area contributed by atoms with Gasteiger partial charge < -0.3 is 10.8 Å². The van der Waals surface area contributed by atoms with Gasteiger partial charge in [0.15, 0.2) is 0 Å². The molecule has 1 aliphatic heterocycles. The summed E-state index contributed by atoms with van der Waals surface area (Å²) in [5, 5.41) is 8.42. The molecule has 3 N–H and O–H groups in total. The lowest BCUT2D eigenvalue weighted by Crippen LogP contribution is -2.54. The average molecular weight is 214 g/mol. The van der Waals surface area contributed by atoms with Crippen molar-refractivity contribution in [2.75, 3.05) is 13.1 Å². The minimum atomic E-state index is -0.742. The Labute approximate surface area is 89.2 Å². The van der Waals surface area contributed by atoms with E-state index in [-0.39, 0.29) is 18.4 Å². The predicted octanol–water partition coefficient (Wildman–Crippen LogP) is 0.191. The van der Waals surface area contributed by atoms with Crippen LogP contribution in [-0.4, -0.2) is 41.0 Å². The molecule has 5 nitrogen and oxygen atoms in total. The Morgan fingerprint density at radius 2 is 2.07 bits per heavy atom. The van der Waals surface area contributed by atoms with Crippen molar-refractivity contribution < 1.29 is 14.7 Å². The second-order valence-electron chi connectivity index (χ2n) is 3.95. The summed E-state index contributed by atoms with van der Waals surface area (Å²) in [5.41, 5.74) is 5.20. The molecule has 0 aromatic rings. The lowest BCUT2D eigenvalue weighted by molar-refractivity contribution is -0.137. The Morgan fingerprint density at radius 1 is 1.33 bits per heavy atom. The first-order valence-corrected chi connectivity index (χ1v) is 5.36. The van der Waals surface area contributed by atoms with Crippen LogP contribution >= 0.6 is 0 Å². The highest BCUT2D eigenvalue weighted by molar-refractivity contribution is 5.80. The van der Waals surface area contributed by atoms with E-state index in [0.717, 1.165) is 32.4 Å². The zero-order valence-corrected chi connectivity index (χ0v) is 8.82. The van der Waals surface area contributed by atoms with E-state index in [1.54, 1.807) is 0 Å². The molecular weight excluding hydrogens is 196 g/mol. The third-order valence-electron chi connectivity index (χ3n) is 2.79. The molecule has 0 aliphatic carbocycles. The van der Waals surface area contributed by atoms with Gasteiger partial charge in [0.05, 0.1) is 6.04 Å². The maximum atomic E-state index is 10.9. The molecule has 0 aromatic carbocycles. The Bertz CT molecular complexity index is 243. The molecule has 1 saturated heterocycles. The molecule has 1 heterocycles. The Hall–Kier alpha value is -1.10. The minimum absolute atomic E-state index is 0.0792. The number of carbonyl (C=O) groups excluding carboxylic acids is 1. The van der Waals surface area contributed by atoms with Gasteiger partial charge in [0, 0.05) is 13.0 Å². The van der Waals surface area contributed by atoms with Crippen LogP contribution in [0, 0.1) is 0 Å². The van der Waals surface area contributed by atoms with E-state index in [1.165, 1.54) is 0 Å². The van der Waals surface area contributed by atoms with E-state index in [2.05, 4.69) is 4.90 Å². The number of hydrogen-bond donors (Lipinski definition) is 2. The van der Waals surface area contributed by atoms with Gasteiger partial charge in [0.25, 0.3) is 0 Å². The summed E-state index contributed by atoms with van der Waals surface area (Å²) in [5.74, 6) is -0.985. The number of carboxylic acid groups (broad SMARTS) is 1. The summed E-state index contributed by atoms with van der Waals surface area (Å²) in [6.07, 6.45) is 3.65. The molecule has 0 aromatic heterocycles. The number of carboxylic acids is 1. The normalized spacial score (nSPS) is 20.9. The molecule has 0 spiro atoms. The number of aliphatic carboxylic acids is 1. The van der Waals surface area contributed by atoms with Crippen molar-refractivity contribution in [3.05, 3.63) is 0 Å². The summed E-state index contributed by atoms with van der Waals surface area (Å²) in [6.45, 7) is 1.79. The van der Waals surface area contributed by atoms with Crippen molar-refractivity contribution >= 4 is 11.9 Å². The van der Waals surface area contributed by atoms with Gasteiger partial charge in [-0.1, -0.05) is 6.42 Å². The van der Waals surface area contributed by atoms with Crippen LogP contribution in [0.1, 0.15) is 32.1 Å². The van der Waals surface area contributed by atoms with Gasteiger partial charge in [0.2, 0.25) is 5.91 Å². The monoisotopic (exact) mass is 214 g/mol. The number of nitrogens with zero attached hydrogens (tertiary/aromatic N) is 1. The van der Waals surface area contributed by atoms with Crippen LogP contribution in [0.5, 0.6) is 0 Å². The van der Waals surface area contributed by atoms with E-state index in [9.17, 15) is 9.59 Å². The third-order valence-corrected chi connectivity index (χ3v) is 2.79. The second kappa shape index (κ2) is 5.70. The van der Waals surface area contributed by atoms with Crippen LogP contribution in [0.25, 0.3) is 0 Å². The SMILES string of the molecule is NC(=O)C1CCN1CCCCCC(=O)O. The number of rotatable bonds is 7. The molecule has 86 valence electrons. The number of likely N-dealkylation sites (tertiary alicyclic amines) is 1. The van der Waals surface area contributed by atoms with E-state index in [4.69, 9.17) is 10.8 Å². The molecule has 1 aliphatic rings. The molecule has 15 heavy (non-hydrogen) atoms. The number of nitrogens with two attached hydrogens (primary N) is 1. The van der Waals surface area contributed by atoms with Crippen LogP contribution in [0.2, 0.25) is 0 Å². The van der Waals surface area contributed by atoms with Crippen molar-refractivity contribution in [1.29, 1.82) is 0 Å². The lowest BCUT2D eigenvalue weighted by Gasteiger charge is -2.38. The summed E-state index contributed by atoms with van der Waals surface area (Å²) in [6, 6.07) is -0.0792. The molecule has 0 radical (unpaired) electrons. The molecule has 1 fully saturated rings. The first kappa shape index (κ1) is 12.0. The molecular formula is C10H18N2O3. The number of amides is 1. The quantitative estimate of drug-likeness (QED) is 0.593. The minimum Gasteiger partial charge on any atom is -0.481 e. The molecule has 0 saturated carbocycles. The van der Waals surface area contributed by atoms with Crippen molar-refractivity contribution in [1.82, 2.24) is 4.90 Å². The summed E-state index contributed by atoms with van der Waals surface area (Å²) >= 11 is 0. The summed E-state index contributed by atoms with van der Waals surface area (Å²) in [7, 11) is 0. The smallest absolute Gasteiger partial charge is 0.303 e. The molecule has 1 rings (SSSR count). The van der Waals surface area contributed by atoms with Crippen molar-refractivity contribution in [3.63, 3.8) is 0 Å². The Kier molecular flexibility index (Phi) is 4.55. The van der Waals surface area contributed by atoms with E-state index in [1.807, 2.05) is 0 Å². The fourth-order valence-corrected chi connectivity index (χ4v) is 1.80. The maximum Gasteiger partial charge on any atom is 0.303 e. The van der Waals surface area contributed by atoms with Gasteiger partial charge in [-0.25, -0.2) is 0 Å². The Morgan fingerprint density at radius 3 is 2.53 bits per heavy atom. The maximum absolute atomic E-state index is 10.9. The zero-order chi connectivity index (χ0) is 11.3. The molecule has 1 unspecified atom stereocenters. The number of unbranched alkanes of at least 4 members (excludes halogenated alkanes) is 2. The van der Waals surface area contributed by atoms with Crippen LogP contribution < -0.4 is 5.73 Å². The topological polar surface area (TPSA) is 83.6 Å². The largest absolute Gasteiger partial charge is 0.481 e. The van der Waals surface area contributed by atoms with Crippen LogP contribution in [0.4, 0.5) is 0 Å². The zero-order valence-electron chi connectivity index (χ0n) is 8.82. The Balaban J connectivity index is 2.01. The van der Waals surface area contributed by atoms with Gasteiger partial charge >= 0.3 is 5.97 Å². The third kappa shape index (κ3) is 3.87. The first-order valence-electron chi connectivity index (χ1n) is 5.36. The number of primary amides is 1. The number of carbonyl (C=O) groups is 2. The molecule has 1 atom stereocenters. The average Bonchev–Trinajstić information content (AvgIpc) is 2.07. The highest BCUT2D eigenvalue weighted by Crippen LogP contribution is 2.17. The summed E-state index contributed by atoms with van der Waals surface area (Å²) in [4.78, 5) is 23.2. The van der Waals surface area contributed by atoms with Crippen molar-refractivity contribution in [3.8, 4) is 0 Å². The fourth-order valence-electron chi connectivity index (χ4n) is 1.80. The van der Waals surface area contributed by atoms with Crippen molar-refractivity contribution in [2.45, 2.75) is 38.1 Å². The van der Waals surface area contributed by atoms with E-state index in [0.29, 0.717) is 6.42 Å². The standard InChI is InChI=1S/C10H18N2O3/c11-10(15)8-5-7-12(8)6-3-1-2-4-9(13)14/h8H,1-7H2,(H2,11,15)(H,13,14). The predicted molar refractivity (Wildman–Crippen MR) is 55.3 cm³/mol. The molecule has 0 bridgehead atoms. The first-order chi connectivity index (χ1) is 7.11. The van der Waals surface area contributed by atoms with E-state index < -0.39 is 5.97 Å². The number of hydrogen-bond acceptors (Lipinski definition) is 3. The lowest BCUT2D eigenvalue weighted by atomic mass is 10.0. The van der Waals surface area contributed by atoms with Crippen LogP contribution in [0.3, 0.4) is 0 Å². The van der Waals surface area contributed by atoms with Crippen LogP contribution in [0.15, 0.2) is 0 Å². The van der Waals surface area contributed by atoms with E-state index >= 15 is 0 Å². The van der Waals surface area contributed by atoms with Gasteiger partial charge in [-0.2, -0.15) is 0 Å². The van der Waals surface area contributed by atoms with Gasteiger partial charge in [-0.05, 0) is 25.8 Å². The molecule has 1 amide bonds. The second-order valence-corrected chi connectivity index (χ2v) is 3.95. The van der Waals surface area contributed by atoms with Gasteiger partial charge in [0.1, 0.15) is 0 Å². The van der Waals surface area contributed by atoms with Gasteiger partial charge in [-0.3, -0.25) is 14.5 Å².